The molecule has 13 N–H and O–H groups in total. The van der Waals surface area contributed by atoms with Gasteiger partial charge in [0.2, 0.25) is 35.4 Å². The Balaban J connectivity index is 1.65. The fourth-order valence-electron chi connectivity index (χ4n) is 6.58. The second-order valence-corrected chi connectivity index (χ2v) is 15.5. The van der Waals surface area contributed by atoms with E-state index in [9.17, 15) is 59.1 Å². The summed E-state index contributed by atoms with van der Waals surface area (Å²) in [6.45, 7) is 3.82. The van der Waals surface area contributed by atoms with Crippen LogP contribution in [0.4, 0.5) is 0 Å². The predicted molar refractivity (Wildman–Crippen MR) is 231 cm³/mol. The number of carbonyl (C=O) groups excluding carboxylic acids is 6. The number of benzene rings is 4. The summed E-state index contributed by atoms with van der Waals surface area (Å²) in [5.41, 5.74) is 6.62. The molecule has 0 aromatic heterocycles. The normalized spacial score (nSPS) is 13.8. The summed E-state index contributed by atoms with van der Waals surface area (Å²) in [5.74, 6) is -7.45. The molecule has 19 heteroatoms. The van der Waals surface area contributed by atoms with Gasteiger partial charge in [-0.2, -0.15) is 0 Å². The summed E-state index contributed by atoms with van der Waals surface area (Å²) in [5, 5.41) is 65.0. The number of carboxylic acid groups (broad SMARTS) is 1. The van der Waals surface area contributed by atoms with Crippen LogP contribution in [0.2, 0.25) is 0 Å². The number of nitrogens with two attached hydrogens (primary N) is 1. The van der Waals surface area contributed by atoms with Crippen molar-refractivity contribution in [3.63, 3.8) is 0 Å². The van der Waals surface area contributed by atoms with Crippen molar-refractivity contribution in [1.29, 1.82) is 0 Å². The molecule has 0 heterocycles. The summed E-state index contributed by atoms with van der Waals surface area (Å²) < 4.78 is 0. The molecule has 4 rings (SSSR count). The van der Waals surface area contributed by atoms with Crippen molar-refractivity contribution in [2.75, 3.05) is 7.05 Å². The van der Waals surface area contributed by atoms with Gasteiger partial charge in [-0.15, -0.1) is 0 Å². The van der Waals surface area contributed by atoms with Crippen molar-refractivity contribution < 1.29 is 59.1 Å². The third kappa shape index (κ3) is 14.8. The first-order valence-electron chi connectivity index (χ1n) is 20.2. The monoisotopic (exact) mass is 883 g/mol. The number of aliphatic carboxylic acids is 1. The standard InChI is InChI=1S/C45H53N7O12/c1-24(2)20-33(47-3)40(58)48-34(21-25-4-12-29(53)13-5-25)41(59)49-35(23-37(46)57)42(60)51-39(28-10-18-32(56)19-11-28)44(62)52-38(27-8-16-31(55)17-9-27)43(61)50-36(45(63)64)22-26-6-14-30(54)15-7-26/h4-19,24,33-36,38-39,47,53-56H,20-23H2,1-3H3,(H2,46,57)(H,48,58)(H,49,59)(H,50,61)(H,51,60)(H,52,62)(H,63,64)/t33-,34-,35+,36-,38-,39-/m1/s1. The summed E-state index contributed by atoms with van der Waals surface area (Å²) in [4.78, 5) is 94.6. The minimum absolute atomic E-state index is 0.0449. The number of hydrogen-bond acceptors (Lipinski definition) is 12. The van der Waals surface area contributed by atoms with Crippen molar-refractivity contribution in [2.45, 2.75) is 75.8 Å². The van der Waals surface area contributed by atoms with Crippen LogP contribution >= 0.6 is 0 Å². The lowest BCUT2D eigenvalue weighted by Crippen LogP contribution is -2.58. The number of nitrogens with one attached hydrogen (secondary N) is 6. The number of hydrogen-bond donors (Lipinski definition) is 12. The molecule has 0 radical (unpaired) electrons. The van der Waals surface area contributed by atoms with Crippen molar-refractivity contribution in [2.24, 2.45) is 11.7 Å². The number of aromatic hydroxyl groups is 4. The van der Waals surface area contributed by atoms with Crippen LogP contribution in [0.3, 0.4) is 0 Å². The molecular weight excluding hydrogens is 831 g/mol. The lowest BCUT2D eigenvalue weighted by molar-refractivity contribution is -0.142. The minimum atomic E-state index is -1.74. The number of likely N-dealkylation sites (N-methyl/N-ethyl adjacent to an activating group) is 1. The highest BCUT2D eigenvalue weighted by molar-refractivity contribution is 5.98. The Morgan fingerprint density at radius 1 is 0.484 bits per heavy atom. The first kappa shape index (κ1) is 49.0. The highest BCUT2D eigenvalue weighted by Crippen LogP contribution is 2.23. The average Bonchev–Trinajstić information content (AvgIpc) is 3.24. The van der Waals surface area contributed by atoms with Gasteiger partial charge >= 0.3 is 5.97 Å². The maximum Gasteiger partial charge on any atom is 0.326 e. The van der Waals surface area contributed by atoms with Crippen molar-refractivity contribution in [3.8, 4) is 23.0 Å². The van der Waals surface area contributed by atoms with Crippen molar-refractivity contribution in [3.05, 3.63) is 119 Å². The maximum absolute atomic E-state index is 14.3. The molecule has 0 saturated heterocycles. The molecule has 0 fully saturated rings. The van der Waals surface area contributed by atoms with Gasteiger partial charge in [-0.3, -0.25) is 28.8 Å². The Morgan fingerprint density at radius 2 is 0.828 bits per heavy atom. The van der Waals surface area contributed by atoms with Crippen LogP contribution in [0.25, 0.3) is 0 Å². The largest absolute Gasteiger partial charge is 0.508 e. The van der Waals surface area contributed by atoms with E-state index >= 15 is 0 Å². The third-order valence-electron chi connectivity index (χ3n) is 9.96. The summed E-state index contributed by atoms with van der Waals surface area (Å²) in [6, 6.07) is 12.9. The smallest absolute Gasteiger partial charge is 0.326 e. The highest BCUT2D eigenvalue weighted by Gasteiger charge is 2.35. The van der Waals surface area contributed by atoms with Gasteiger partial charge < -0.3 is 63.2 Å². The van der Waals surface area contributed by atoms with E-state index in [1.807, 2.05) is 13.8 Å². The van der Waals surface area contributed by atoms with Gasteiger partial charge in [0.25, 0.3) is 0 Å². The Labute approximate surface area is 368 Å². The molecule has 340 valence electrons. The van der Waals surface area contributed by atoms with E-state index in [0.29, 0.717) is 17.5 Å². The number of phenolic OH excluding ortho intramolecular Hbond substituents is 4. The Hall–Kier alpha value is -7.67. The van der Waals surface area contributed by atoms with Gasteiger partial charge in [0.15, 0.2) is 0 Å². The molecule has 0 unspecified atom stereocenters. The zero-order chi connectivity index (χ0) is 47.1. The van der Waals surface area contributed by atoms with Crippen molar-refractivity contribution in [1.82, 2.24) is 31.9 Å². The number of carboxylic acids is 1. The molecule has 0 saturated carbocycles. The number of amides is 6. The van der Waals surface area contributed by atoms with Gasteiger partial charge in [0.1, 0.15) is 53.2 Å². The number of rotatable bonds is 22. The molecule has 19 nitrogen and oxygen atoms in total. The van der Waals surface area contributed by atoms with Gasteiger partial charge in [-0.1, -0.05) is 62.4 Å². The molecule has 0 bridgehead atoms. The first-order valence-corrected chi connectivity index (χ1v) is 20.2. The van der Waals surface area contributed by atoms with Gasteiger partial charge in [0.05, 0.1) is 12.5 Å². The molecule has 4 aromatic carbocycles. The number of primary amides is 1. The fraction of sp³-hybridized carbons (Fsp3) is 0.311. The molecule has 64 heavy (non-hydrogen) atoms. The van der Waals surface area contributed by atoms with E-state index in [4.69, 9.17) is 5.73 Å². The number of phenols is 4. The average molecular weight is 884 g/mol. The second-order valence-electron chi connectivity index (χ2n) is 15.5. The van der Waals surface area contributed by atoms with E-state index in [-0.39, 0.29) is 52.9 Å². The third-order valence-corrected chi connectivity index (χ3v) is 9.96. The van der Waals surface area contributed by atoms with Crippen LogP contribution < -0.4 is 37.6 Å². The van der Waals surface area contributed by atoms with Crippen LogP contribution in [0.1, 0.15) is 61.0 Å². The Kier molecular flexibility index (Phi) is 17.6. The van der Waals surface area contributed by atoms with E-state index in [1.54, 1.807) is 7.05 Å². The Bertz CT molecular complexity index is 2250. The van der Waals surface area contributed by atoms with Gasteiger partial charge in [0, 0.05) is 12.8 Å². The number of carbonyl (C=O) groups is 7. The SMILES string of the molecule is CN[C@H](CC(C)C)C(=O)N[C@H](Cc1ccc(O)cc1)C(=O)N[C@@H](CC(N)=O)C(=O)N[C@@H](C(=O)N[C@@H](C(=O)N[C@H](Cc1ccc(O)cc1)C(=O)O)c1ccc(O)cc1)c1ccc(O)cc1. The van der Waals surface area contributed by atoms with E-state index < -0.39 is 84.1 Å². The Morgan fingerprint density at radius 3 is 1.23 bits per heavy atom. The molecule has 0 aliphatic heterocycles. The highest BCUT2D eigenvalue weighted by atomic mass is 16.4. The van der Waals surface area contributed by atoms with Gasteiger partial charge in [-0.05, 0) is 90.2 Å². The van der Waals surface area contributed by atoms with E-state index in [2.05, 4.69) is 31.9 Å². The minimum Gasteiger partial charge on any atom is -0.508 e. The zero-order valence-corrected chi connectivity index (χ0v) is 35.3. The topological polar surface area (TPSA) is 319 Å². The van der Waals surface area contributed by atoms with Crippen LogP contribution in [0, 0.1) is 5.92 Å². The van der Waals surface area contributed by atoms with Crippen molar-refractivity contribution >= 4 is 41.4 Å². The lowest BCUT2D eigenvalue weighted by atomic mass is 10.00. The predicted octanol–water partition coefficient (Wildman–Crippen LogP) is 1.06. The van der Waals surface area contributed by atoms with Crippen LogP contribution in [0.15, 0.2) is 97.1 Å². The molecule has 6 amide bonds. The van der Waals surface area contributed by atoms with Crippen LogP contribution in [0.5, 0.6) is 23.0 Å². The first-order chi connectivity index (χ1) is 30.3. The molecule has 6 atom stereocenters. The van der Waals surface area contributed by atoms with Crippen LogP contribution in [-0.4, -0.2) is 98.2 Å². The maximum atomic E-state index is 14.3. The van der Waals surface area contributed by atoms with Gasteiger partial charge in [-0.25, -0.2) is 4.79 Å². The van der Waals surface area contributed by atoms with E-state index in [1.165, 1.54) is 97.1 Å². The zero-order valence-electron chi connectivity index (χ0n) is 35.3. The molecule has 4 aromatic rings. The molecule has 0 aliphatic carbocycles. The molecule has 0 spiro atoms. The van der Waals surface area contributed by atoms with Crippen LogP contribution in [-0.2, 0) is 46.4 Å². The molecule has 0 aliphatic rings. The lowest BCUT2D eigenvalue weighted by Gasteiger charge is -2.27. The second kappa shape index (κ2) is 23.0. The summed E-state index contributed by atoms with van der Waals surface area (Å²) >= 11 is 0. The fourth-order valence-corrected chi connectivity index (χ4v) is 6.58. The molecular formula is C45H53N7O12. The van der Waals surface area contributed by atoms with E-state index in [0.717, 1.165) is 0 Å². The summed E-state index contributed by atoms with van der Waals surface area (Å²) in [6.07, 6.45) is -0.690. The summed E-state index contributed by atoms with van der Waals surface area (Å²) in [7, 11) is 1.58. The quantitative estimate of drug-likeness (QED) is 0.0526.